The summed E-state index contributed by atoms with van der Waals surface area (Å²) in [6.07, 6.45) is -2.36. The molecule has 94 valence electrons. The molecule has 1 fully saturated rings. The molecule has 0 saturated heterocycles. The zero-order chi connectivity index (χ0) is 12.6. The first kappa shape index (κ1) is 12.6. The Labute approximate surface area is 104 Å². The molecule has 1 aliphatic carbocycles. The van der Waals surface area contributed by atoms with E-state index in [2.05, 4.69) is 4.98 Å². The van der Waals surface area contributed by atoms with E-state index in [1.54, 1.807) is 0 Å². The van der Waals surface area contributed by atoms with Gasteiger partial charge in [0.25, 0.3) is 0 Å². The third-order valence-corrected chi connectivity index (χ3v) is 3.71. The van der Waals surface area contributed by atoms with Gasteiger partial charge >= 0.3 is 6.18 Å². The monoisotopic (exact) mass is 284 g/mol. The molecule has 0 amide bonds. The maximum absolute atomic E-state index is 12.4. The predicted molar refractivity (Wildman–Crippen MR) is 58.9 cm³/mol. The van der Waals surface area contributed by atoms with E-state index in [0.29, 0.717) is 19.1 Å². The molecule has 0 spiro atoms. The van der Waals surface area contributed by atoms with Gasteiger partial charge in [-0.1, -0.05) is 22.9 Å². The van der Waals surface area contributed by atoms with Crippen molar-refractivity contribution in [2.75, 3.05) is 11.4 Å². The third-order valence-electron chi connectivity index (χ3n) is 2.29. The van der Waals surface area contributed by atoms with Crippen LogP contribution in [0.25, 0.3) is 0 Å². The van der Waals surface area contributed by atoms with Crippen LogP contribution in [0.2, 0.25) is 5.15 Å². The second-order valence-electron chi connectivity index (χ2n) is 3.74. The van der Waals surface area contributed by atoms with Crippen LogP contribution in [0.3, 0.4) is 0 Å². The molecule has 1 aromatic heterocycles. The van der Waals surface area contributed by atoms with Crippen molar-refractivity contribution in [2.45, 2.75) is 25.1 Å². The largest absolute Gasteiger partial charge is 0.406 e. The Morgan fingerprint density at radius 3 is 2.59 bits per heavy atom. The Balaban J connectivity index is 2.23. The summed E-state index contributed by atoms with van der Waals surface area (Å²) < 4.78 is 37.2. The van der Waals surface area contributed by atoms with Gasteiger partial charge in [-0.2, -0.15) is 13.2 Å². The average molecular weight is 285 g/mol. The highest BCUT2D eigenvalue weighted by Crippen LogP contribution is 2.38. The lowest BCUT2D eigenvalue weighted by atomic mass is 10.5. The minimum atomic E-state index is -4.29. The fourth-order valence-corrected chi connectivity index (χ4v) is 2.56. The number of anilines is 1. The van der Waals surface area contributed by atoms with Crippen molar-refractivity contribution in [1.82, 2.24) is 4.98 Å². The molecule has 0 N–H and O–H groups in total. The molecule has 3 nitrogen and oxygen atoms in total. The maximum atomic E-state index is 12.4. The van der Waals surface area contributed by atoms with Gasteiger partial charge in [0, 0.05) is 6.04 Å². The molecule has 1 aliphatic rings. The van der Waals surface area contributed by atoms with Crippen LogP contribution < -0.4 is 4.90 Å². The molecule has 1 aromatic rings. The van der Waals surface area contributed by atoms with E-state index in [-0.39, 0.29) is 21.2 Å². The number of hydrogen-bond donors (Lipinski definition) is 0. The number of aldehydes is 1. The number of carbonyl (C=O) groups is 1. The van der Waals surface area contributed by atoms with E-state index in [9.17, 15) is 18.0 Å². The van der Waals surface area contributed by atoms with Crippen LogP contribution in [0.5, 0.6) is 0 Å². The maximum Gasteiger partial charge on any atom is 0.406 e. The normalized spacial score (nSPS) is 16.0. The number of hydrogen-bond acceptors (Lipinski definition) is 4. The lowest BCUT2D eigenvalue weighted by Crippen LogP contribution is -2.35. The minimum absolute atomic E-state index is 0.0344. The Bertz CT molecular complexity index is 430. The first-order valence-corrected chi connectivity index (χ1v) is 6.05. The second kappa shape index (κ2) is 4.45. The lowest BCUT2D eigenvalue weighted by Gasteiger charge is -2.22. The molecule has 0 atom stereocenters. The Kier molecular flexibility index (Phi) is 3.31. The van der Waals surface area contributed by atoms with Crippen molar-refractivity contribution in [1.29, 1.82) is 0 Å². The van der Waals surface area contributed by atoms with E-state index in [4.69, 9.17) is 11.6 Å². The van der Waals surface area contributed by atoms with Crippen LogP contribution in [0, 0.1) is 0 Å². The number of rotatable bonds is 4. The topological polar surface area (TPSA) is 33.2 Å². The van der Waals surface area contributed by atoms with Crippen molar-refractivity contribution in [3.8, 4) is 0 Å². The summed E-state index contributed by atoms with van der Waals surface area (Å²) in [5, 5.41) is 0.129. The molecular formula is C9H8ClF3N2OS. The van der Waals surface area contributed by atoms with Gasteiger partial charge < -0.3 is 4.90 Å². The molecular weight excluding hydrogens is 277 g/mol. The lowest BCUT2D eigenvalue weighted by molar-refractivity contribution is -0.120. The van der Waals surface area contributed by atoms with E-state index < -0.39 is 12.7 Å². The molecule has 8 heteroatoms. The minimum Gasteiger partial charge on any atom is -0.336 e. The summed E-state index contributed by atoms with van der Waals surface area (Å²) in [5.41, 5.74) is 0. The highest BCUT2D eigenvalue weighted by molar-refractivity contribution is 7.17. The van der Waals surface area contributed by atoms with Gasteiger partial charge in [-0.05, 0) is 12.8 Å². The molecule has 1 heterocycles. The summed E-state index contributed by atoms with van der Waals surface area (Å²) in [6, 6.07) is -0.140. The second-order valence-corrected chi connectivity index (χ2v) is 5.11. The van der Waals surface area contributed by atoms with Crippen LogP contribution in [0.4, 0.5) is 18.3 Å². The standard InChI is InChI=1S/C9H8ClF3N2OS/c10-7-6(3-16)17-8(14-7)15(5-1-2-5)4-9(11,12)13/h3,5H,1-2,4H2. The SMILES string of the molecule is O=Cc1sc(N(CC(F)(F)F)C2CC2)nc1Cl. The van der Waals surface area contributed by atoms with Crippen LogP contribution in [0.1, 0.15) is 22.5 Å². The van der Waals surface area contributed by atoms with Gasteiger partial charge in [0.1, 0.15) is 11.4 Å². The highest BCUT2D eigenvalue weighted by Gasteiger charge is 2.39. The smallest absolute Gasteiger partial charge is 0.336 e. The Morgan fingerprint density at radius 2 is 2.18 bits per heavy atom. The van der Waals surface area contributed by atoms with Gasteiger partial charge in [0.15, 0.2) is 16.6 Å². The number of carbonyl (C=O) groups excluding carboxylic acids is 1. The van der Waals surface area contributed by atoms with E-state index >= 15 is 0 Å². The number of aromatic nitrogens is 1. The summed E-state index contributed by atoms with van der Waals surface area (Å²) in [6.45, 7) is -1.06. The summed E-state index contributed by atoms with van der Waals surface area (Å²) in [5.74, 6) is 0. The van der Waals surface area contributed by atoms with E-state index in [1.165, 1.54) is 4.90 Å². The van der Waals surface area contributed by atoms with E-state index in [0.717, 1.165) is 11.3 Å². The summed E-state index contributed by atoms with van der Waals surface area (Å²) >= 11 is 6.54. The van der Waals surface area contributed by atoms with Crippen LogP contribution >= 0.6 is 22.9 Å². The number of nitrogens with zero attached hydrogens (tertiary/aromatic N) is 2. The summed E-state index contributed by atoms with van der Waals surface area (Å²) in [4.78, 5) is 15.7. The zero-order valence-corrected chi connectivity index (χ0v) is 10.1. The zero-order valence-electron chi connectivity index (χ0n) is 8.50. The third kappa shape index (κ3) is 3.10. The summed E-state index contributed by atoms with van der Waals surface area (Å²) in [7, 11) is 0. The van der Waals surface area contributed by atoms with Crippen LogP contribution in [-0.4, -0.2) is 30.0 Å². The molecule has 17 heavy (non-hydrogen) atoms. The molecule has 0 bridgehead atoms. The van der Waals surface area contributed by atoms with Gasteiger partial charge in [-0.15, -0.1) is 0 Å². The molecule has 0 radical (unpaired) electrons. The predicted octanol–water partition coefficient (Wildman–Crippen LogP) is 3.14. The quantitative estimate of drug-likeness (QED) is 0.797. The fraction of sp³-hybridized carbons (Fsp3) is 0.556. The first-order chi connectivity index (χ1) is 7.90. The van der Waals surface area contributed by atoms with Crippen molar-refractivity contribution in [2.24, 2.45) is 0 Å². The fourth-order valence-electron chi connectivity index (χ4n) is 1.43. The number of thiazole rings is 1. The van der Waals surface area contributed by atoms with Crippen molar-refractivity contribution < 1.29 is 18.0 Å². The molecule has 0 aromatic carbocycles. The molecule has 2 rings (SSSR count). The van der Waals surface area contributed by atoms with Crippen molar-refractivity contribution in [3.63, 3.8) is 0 Å². The van der Waals surface area contributed by atoms with Gasteiger partial charge in [-0.3, -0.25) is 4.79 Å². The van der Waals surface area contributed by atoms with E-state index in [1.807, 2.05) is 0 Å². The van der Waals surface area contributed by atoms with Crippen LogP contribution in [0.15, 0.2) is 0 Å². The molecule has 0 unspecified atom stereocenters. The Morgan fingerprint density at radius 1 is 1.53 bits per heavy atom. The molecule has 0 aliphatic heterocycles. The first-order valence-electron chi connectivity index (χ1n) is 4.85. The van der Waals surface area contributed by atoms with Crippen molar-refractivity contribution >= 4 is 34.4 Å². The number of alkyl halides is 3. The van der Waals surface area contributed by atoms with Crippen molar-refractivity contribution in [3.05, 3.63) is 10.0 Å². The van der Waals surface area contributed by atoms with Gasteiger partial charge in [0.2, 0.25) is 0 Å². The van der Waals surface area contributed by atoms with Gasteiger partial charge in [-0.25, -0.2) is 4.98 Å². The highest BCUT2D eigenvalue weighted by atomic mass is 35.5. The van der Waals surface area contributed by atoms with Gasteiger partial charge in [0.05, 0.1) is 0 Å². The number of halogens is 4. The van der Waals surface area contributed by atoms with Crippen LogP contribution in [-0.2, 0) is 0 Å². The Hall–Kier alpha value is -0.820. The molecule has 1 saturated carbocycles. The average Bonchev–Trinajstić information content (AvgIpc) is 2.97.